The van der Waals surface area contributed by atoms with E-state index in [9.17, 15) is 9.59 Å². The first-order valence-corrected chi connectivity index (χ1v) is 10.9. The van der Waals surface area contributed by atoms with Gasteiger partial charge in [-0.25, -0.2) is 9.78 Å². The van der Waals surface area contributed by atoms with E-state index in [1.54, 1.807) is 17.0 Å². The van der Waals surface area contributed by atoms with Crippen LogP contribution in [0.15, 0.2) is 36.5 Å². The first-order chi connectivity index (χ1) is 14.8. The van der Waals surface area contributed by atoms with Crippen LogP contribution >= 0.6 is 0 Å². The van der Waals surface area contributed by atoms with Gasteiger partial charge in [0.25, 0.3) is 5.91 Å². The van der Waals surface area contributed by atoms with Crippen molar-refractivity contribution in [3.63, 3.8) is 0 Å². The van der Waals surface area contributed by atoms with Crippen molar-refractivity contribution in [2.24, 2.45) is 0 Å². The van der Waals surface area contributed by atoms with E-state index >= 15 is 0 Å². The number of piperazine rings is 1. The Kier molecular flexibility index (Phi) is 5.60. The molecule has 3 heterocycles. The predicted molar refractivity (Wildman–Crippen MR) is 121 cm³/mol. The van der Waals surface area contributed by atoms with Gasteiger partial charge in [-0.1, -0.05) is 13.0 Å². The van der Waals surface area contributed by atoms with Gasteiger partial charge in [0, 0.05) is 43.6 Å². The molecule has 0 N–H and O–H groups in total. The number of aromatic nitrogens is 1. The van der Waals surface area contributed by atoms with Crippen LogP contribution in [0.2, 0.25) is 0 Å². The van der Waals surface area contributed by atoms with E-state index < -0.39 is 5.60 Å². The molecule has 7 heteroatoms. The minimum atomic E-state index is -0.505. The Morgan fingerprint density at radius 2 is 1.81 bits per heavy atom. The summed E-state index contributed by atoms with van der Waals surface area (Å²) >= 11 is 0. The van der Waals surface area contributed by atoms with Crippen LogP contribution in [0.1, 0.15) is 42.3 Å². The lowest BCUT2D eigenvalue weighted by molar-refractivity contribution is 0.0746. The lowest BCUT2D eigenvalue weighted by atomic mass is 10.1. The third-order valence-corrected chi connectivity index (χ3v) is 5.93. The van der Waals surface area contributed by atoms with Gasteiger partial charge in [-0.05, 0) is 62.6 Å². The number of rotatable bonds is 4. The second-order valence-electron chi connectivity index (χ2n) is 8.88. The number of anilines is 2. The number of cyclic esters (lactones) is 1. The number of benzene rings is 1. The van der Waals surface area contributed by atoms with Crippen molar-refractivity contribution in [2.75, 3.05) is 42.5 Å². The molecule has 0 saturated carbocycles. The maximum atomic E-state index is 13.0. The molecule has 1 aromatic carbocycles. The van der Waals surface area contributed by atoms with Gasteiger partial charge < -0.3 is 14.5 Å². The number of hydrogen-bond donors (Lipinski definition) is 0. The van der Waals surface area contributed by atoms with Gasteiger partial charge in [0.15, 0.2) is 0 Å². The van der Waals surface area contributed by atoms with Crippen LogP contribution in [-0.4, -0.2) is 60.2 Å². The smallest absolute Gasteiger partial charge is 0.415 e. The molecule has 2 aromatic rings. The molecule has 0 atom stereocenters. The molecular weight excluding hydrogens is 392 g/mol. The number of ether oxygens (including phenoxy) is 1. The fourth-order valence-electron chi connectivity index (χ4n) is 4.20. The molecule has 2 aliphatic rings. The van der Waals surface area contributed by atoms with Gasteiger partial charge in [-0.3, -0.25) is 9.69 Å². The molecule has 0 bridgehead atoms. The SMILES string of the molecule is CCc1cnc(N2CCN(C(=O)c3ccc(N4CC(C)(C)OC4=O)cc3)CC2)c(C)c1. The van der Waals surface area contributed by atoms with Crippen molar-refractivity contribution in [3.8, 4) is 0 Å². The molecule has 0 unspecified atom stereocenters. The Labute approximate surface area is 183 Å². The summed E-state index contributed by atoms with van der Waals surface area (Å²) in [5.74, 6) is 1.02. The first-order valence-electron chi connectivity index (χ1n) is 10.9. The average molecular weight is 423 g/mol. The zero-order valence-electron chi connectivity index (χ0n) is 18.7. The predicted octanol–water partition coefficient (Wildman–Crippen LogP) is 3.65. The van der Waals surface area contributed by atoms with Crippen molar-refractivity contribution >= 4 is 23.5 Å². The highest BCUT2D eigenvalue weighted by Gasteiger charge is 2.38. The molecule has 0 aliphatic carbocycles. The number of aryl methyl sites for hydroxylation is 2. The Balaban J connectivity index is 1.38. The third-order valence-electron chi connectivity index (χ3n) is 5.93. The Hall–Kier alpha value is -3.09. The van der Waals surface area contributed by atoms with Crippen LogP contribution in [0, 0.1) is 6.92 Å². The summed E-state index contributed by atoms with van der Waals surface area (Å²) in [6.07, 6.45) is 2.57. The summed E-state index contributed by atoms with van der Waals surface area (Å²) in [6, 6.07) is 9.40. The lowest BCUT2D eigenvalue weighted by Crippen LogP contribution is -2.49. The standard InChI is InChI=1S/C24H30N4O3/c1-5-18-14-17(2)21(25-15-18)26-10-12-27(13-11-26)22(29)19-6-8-20(9-7-19)28-16-24(3,4)31-23(28)30/h6-9,14-15H,5,10-13,16H2,1-4H3. The quantitative estimate of drug-likeness (QED) is 0.753. The van der Waals surface area contributed by atoms with E-state index in [0.717, 1.165) is 31.0 Å². The summed E-state index contributed by atoms with van der Waals surface area (Å²) in [5.41, 5.74) is 3.29. The van der Waals surface area contributed by atoms with Gasteiger partial charge in [0.1, 0.15) is 11.4 Å². The van der Waals surface area contributed by atoms with E-state index in [4.69, 9.17) is 4.74 Å². The molecule has 2 saturated heterocycles. The van der Waals surface area contributed by atoms with Crippen molar-refractivity contribution in [2.45, 2.75) is 39.7 Å². The molecule has 0 radical (unpaired) electrons. The normalized spacial score (nSPS) is 18.3. The summed E-state index contributed by atoms with van der Waals surface area (Å²) < 4.78 is 5.36. The number of pyridine rings is 1. The van der Waals surface area contributed by atoms with E-state index in [-0.39, 0.29) is 12.0 Å². The van der Waals surface area contributed by atoms with E-state index in [2.05, 4.69) is 29.8 Å². The fraction of sp³-hybridized carbons (Fsp3) is 0.458. The zero-order chi connectivity index (χ0) is 22.2. The van der Waals surface area contributed by atoms with E-state index in [0.29, 0.717) is 25.2 Å². The number of amides is 2. The van der Waals surface area contributed by atoms with Crippen LogP contribution in [0.25, 0.3) is 0 Å². The summed E-state index contributed by atoms with van der Waals surface area (Å²) in [4.78, 5) is 35.4. The Morgan fingerprint density at radius 1 is 1.13 bits per heavy atom. The summed E-state index contributed by atoms with van der Waals surface area (Å²) in [5, 5.41) is 0. The topological polar surface area (TPSA) is 66.0 Å². The Morgan fingerprint density at radius 3 is 2.35 bits per heavy atom. The molecule has 0 spiro atoms. The summed E-state index contributed by atoms with van der Waals surface area (Å²) in [7, 11) is 0. The fourth-order valence-corrected chi connectivity index (χ4v) is 4.20. The van der Waals surface area contributed by atoms with E-state index in [1.807, 2.05) is 37.1 Å². The minimum absolute atomic E-state index is 0.0153. The largest absolute Gasteiger partial charge is 0.441 e. The van der Waals surface area contributed by atoms with Gasteiger partial charge in [-0.2, -0.15) is 0 Å². The lowest BCUT2D eigenvalue weighted by Gasteiger charge is -2.36. The maximum absolute atomic E-state index is 13.0. The van der Waals surface area contributed by atoms with Crippen LogP contribution in [0.5, 0.6) is 0 Å². The second-order valence-corrected chi connectivity index (χ2v) is 8.88. The number of hydrogen-bond acceptors (Lipinski definition) is 5. The number of carbonyl (C=O) groups is 2. The Bertz CT molecular complexity index is 979. The highest BCUT2D eigenvalue weighted by molar-refractivity contribution is 5.96. The van der Waals surface area contributed by atoms with Gasteiger partial charge in [-0.15, -0.1) is 0 Å². The zero-order valence-corrected chi connectivity index (χ0v) is 18.7. The third kappa shape index (κ3) is 4.36. The molecule has 1 aromatic heterocycles. The van der Waals surface area contributed by atoms with Crippen molar-refractivity contribution in [1.82, 2.24) is 9.88 Å². The molecule has 31 heavy (non-hydrogen) atoms. The van der Waals surface area contributed by atoms with Gasteiger partial charge in [0.2, 0.25) is 0 Å². The van der Waals surface area contributed by atoms with Gasteiger partial charge >= 0.3 is 6.09 Å². The monoisotopic (exact) mass is 422 g/mol. The number of nitrogens with zero attached hydrogens (tertiary/aromatic N) is 4. The van der Waals surface area contributed by atoms with Crippen molar-refractivity contribution in [1.29, 1.82) is 0 Å². The van der Waals surface area contributed by atoms with E-state index in [1.165, 1.54) is 11.1 Å². The average Bonchev–Trinajstić information content (AvgIpc) is 3.05. The highest BCUT2D eigenvalue weighted by atomic mass is 16.6. The summed E-state index contributed by atoms with van der Waals surface area (Å²) in [6.45, 7) is 11.3. The van der Waals surface area contributed by atoms with Crippen LogP contribution in [-0.2, 0) is 11.2 Å². The van der Waals surface area contributed by atoms with Crippen molar-refractivity contribution < 1.29 is 14.3 Å². The highest BCUT2D eigenvalue weighted by Crippen LogP contribution is 2.28. The molecule has 2 aliphatic heterocycles. The molecule has 164 valence electrons. The molecular formula is C24H30N4O3. The molecule has 2 fully saturated rings. The molecule has 4 rings (SSSR count). The van der Waals surface area contributed by atoms with Gasteiger partial charge in [0.05, 0.1) is 6.54 Å². The maximum Gasteiger partial charge on any atom is 0.415 e. The van der Waals surface area contributed by atoms with Crippen LogP contribution < -0.4 is 9.80 Å². The number of carbonyl (C=O) groups excluding carboxylic acids is 2. The molecule has 2 amide bonds. The van der Waals surface area contributed by atoms with Crippen LogP contribution in [0.4, 0.5) is 16.3 Å². The first kappa shape index (κ1) is 21.2. The molecule has 7 nitrogen and oxygen atoms in total. The van der Waals surface area contributed by atoms with Crippen LogP contribution in [0.3, 0.4) is 0 Å². The van der Waals surface area contributed by atoms with Crippen molar-refractivity contribution in [3.05, 3.63) is 53.2 Å². The second kappa shape index (κ2) is 8.21. The minimum Gasteiger partial charge on any atom is -0.441 e.